The first kappa shape index (κ1) is 9.87. The predicted octanol–water partition coefficient (Wildman–Crippen LogP) is 0.533. The molecule has 1 heterocycles. The van der Waals surface area contributed by atoms with Gasteiger partial charge < -0.3 is 10.4 Å². The van der Waals surface area contributed by atoms with Gasteiger partial charge in [0.05, 0.1) is 19.0 Å². The second-order valence-corrected chi connectivity index (χ2v) is 3.91. The third kappa shape index (κ3) is 2.22. The van der Waals surface area contributed by atoms with Gasteiger partial charge in [-0.05, 0) is 12.8 Å². The number of anilines is 1. The summed E-state index contributed by atoms with van der Waals surface area (Å²) in [6, 6.07) is 1.91. The number of rotatable bonds is 4. The molecule has 0 bridgehead atoms. The van der Waals surface area contributed by atoms with Gasteiger partial charge in [-0.25, -0.2) is 9.97 Å². The molecule has 1 aliphatic carbocycles. The van der Waals surface area contributed by atoms with Crippen molar-refractivity contribution >= 4 is 5.82 Å². The largest absolute Gasteiger partial charge is 0.396 e. The second kappa shape index (κ2) is 3.83. The van der Waals surface area contributed by atoms with Crippen LogP contribution < -0.4 is 5.32 Å². The zero-order valence-electron chi connectivity index (χ0n) is 8.27. The Morgan fingerprint density at radius 3 is 2.73 bits per heavy atom. The molecule has 5 nitrogen and oxygen atoms in total. The molecule has 15 heavy (non-hydrogen) atoms. The molecule has 1 aromatic heterocycles. The highest BCUT2D eigenvalue weighted by atomic mass is 16.3. The standard InChI is InChI=1S/C10H12N4O/c11-3-8-4-13-9(5-12-8)14-6-10(7-15)1-2-10/h4-5,15H,1-2,6-7H2,(H,13,14). The Labute approximate surface area is 87.8 Å². The van der Waals surface area contributed by atoms with Gasteiger partial charge >= 0.3 is 0 Å². The number of nitrogens with zero attached hydrogens (tertiary/aromatic N) is 3. The number of hydrogen-bond donors (Lipinski definition) is 2. The predicted molar refractivity (Wildman–Crippen MR) is 54.0 cm³/mol. The number of aromatic nitrogens is 2. The van der Waals surface area contributed by atoms with Crippen molar-refractivity contribution < 1.29 is 5.11 Å². The molecule has 78 valence electrons. The van der Waals surface area contributed by atoms with Crippen LogP contribution >= 0.6 is 0 Å². The third-order valence-corrected chi connectivity index (χ3v) is 2.70. The van der Waals surface area contributed by atoms with E-state index < -0.39 is 0 Å². The molecule has 0 atom stereocenters. The molecule has 5 heteroatoms. The van der Waals surface area contributed by atoms with E-state index in [0.717, 1.165) is 12.8 Å². The van der Waals surface area contributed by atoms with Gasteiger partial charge in [-0.15, -0.1) is 0 Å². The number of aliphatic hydroxyl groups excluding tert-OH is 1. The van der Waals surface area contributed by atoms with E-state index in [0.29, 0.717) is 18.1 Å². The Morgan fingerprint density at radius 1 is 1.47 bits per heavy atom. The normalized spacial score (nSPS) is 16.8. The number of hydrogen-bond acceptors (Lipinski definition) is 5. The van der Waals surface area contributed by atoms with E-state index in [2.05, 4.69) is 15.3 Å². The van der Waals surface area contributed by atoms with Gasteiger partial charge in [0.25, 0.3) is 0 Å². The molecule has 0 aromatic carbocycles. The molecule has 1 aliphatic rings. The van der Waals surface area contributed by atoms with E-state index in [1.165, 1.54) is 12.4 Å². The van der Waals surface area contributed by atoms with Crippen molar-refractivity contribution in [3.63, 3.8) is 0 Å². The molecule has 2 N–H and O–H groups in total. The first-order valence-electron chi connectivity index (χ1n) is 4.85. The molecule has 2 rings (SSSR count). The molecule has 0 aliphatic heterocycles. The Morgan fingerprint density at radius 2 is 2.27 bits per heavy atom. The van der Waals surface area contributed by atoms with Gasteiger partial charge in [0.2, 0.25) is 0 Å². The summed E-state index contributed by atoms with van der Waals surface area (Å²) in [5, 5.41) is 20.7. The average molecular weight is 204 g/mol. The van der Waals surface area contributed by atoms with Crippen LogP contribution in [0.4, 0.5) is 5.82 Å². The lowest BCUT2D eigenvalue weighted by Gasteiger charge is -2.12. The van der Waals surface area contributed by atoms with Crippen LogP contribution in [0.2, 0.25) is 0 Å². The quantitative estimate of drug-likeness (QED) is 0.747. The number of nitriles is 1. The Kier molecular flexibility index (Phi) is 2.52. The summed E-state index contributed by atoms with van der Waals surface area (Å²) in [6.45, 7) is 0.924. The summed E-state index contributed by atoms with van der Waals surface area (Å²) < 4.78 is 0. The topological polar surface area (TPSA) is 81.8 Å². The fourth-order valence-corrected chi connectivity index (χ4v) is 1.32. The molecule has 0 amide bonds. The molecule has 1 saturated carbocycles. The summed E-state index contributed by atoms with van der Waals surface area (Å²) in [5.74, 6) is 0.647. The molecule has 0 unspecified atom stereocenters. The van der Waals surface area contributed by atoms with E-state index in [-0.39, 0.29) is 12.0 Å². The van der Waals surface area contributed by atoms with Crippen LogP contribution in [0.25, 0.3) is 0 Å². The maximum Gasteiger partial charge on any atom is 0.158 e. The average Bonchev–Trinajstić information content (AvgIpc) is 3.08. The highest BCUT2D eigenvalue weighted by molar-refractivity contribution is 5.33. The zero-order chi connectivity index (χ0) is 10.7. The van der Waals surface area contributed by atoms with Gasteiger partial charge in [-0.3, -0.25) is 0 Å². The maximum absolute atomic E-state index is 9.10. The Hall–Kier alpha value is -1.67. The lowest BCUT2D eigenvalue weighted by molar-refractivity contribution is 0.219. The fourth-order valence-electron chi connectivity index (χ4n) is 1.32. The first-order chi connectivity index (χ1) is 7.28. The SMILES string of the molecule is N#Cc1cnc(NCC2(CO)CC2)cn1. The Balaban J connectivity index is 1.91. The number of aliphatic hydroxyl groups is 1. The zero-order valence-corrected chi connectivity index (χ0v) is 8.27. The van der Waals surface area contributed by atoms with E-state index in [4.69, 9.17) is 10.4 Å². The highest BCUT2D eigenvalue weighted by Crippen LogP contribution is 2.44. The van der Waals surface area contributed by atoms with Crippen LogP contribution in [0.1, 0.15) is 18.5 Å². The molecule has 0 spiro atoms. The molecular weight excluding hydrogens is 192 g/mol. The summed E-state index contributed by atoms with van der Waals surface area (Å²) in [6.07, 6.45) is 5.08. The van der Waals surface area contributed by atoms with Crippen molar-refractivity contribution in [2.45, 2.75) is 12.8 Å². The van der Waals surface area contributed by atoms with Crippen molar-refractivity contribution in [1.82, 2.24) is 9.97 Å². The van der Waals surface area contributed by atoms with E-state index in [1.807, 2.05) is 6.07 Å². The van der Waals surface area contributed by atoms with Gasteiger partial charge in [0, 0.05) is 12.0 Å². The second-order valence-electron chi connectivity index (χ2n) is 3.91. The summed E-state index contributed by atoms with van der Waals surface area (Å²) in [4.78, 5) is 7.93. The third-order valence-electron chi connectivity index (χ3n) is 2.70. The van der Waals surface area contributed by atoms with Crippen molar-refractivity contribution in [2.75, 3.05) is 18.5 Å². The highest BCUT2D eigenvalue weighted by Gasteiger charge is 2.41. The summed E-state index contributed by atoms with van der Waals surface area (Å²) in [7, 11) is 0. The summed E-state index contributed by atoms with van der Waals surface area (Å²) >= 11 is 0. The van der Waals surface area contributed by atoms with Crippen LogP contribution in [0.3, 0.4) is 0 Å². The van der Waals surface area contributed by atoms with Crippen molar-refractivity contribution in [2.24, 2.45) is 5.41 Å². The maximum atomic E-state index is 9.10. The minimum Gasteiger partial charge on any atom is -0.396 e. The van der Waals surface area contributed by atoms with E-state index in [1.54, 1.807) is 0 Å². The van der Waals surface area contributed by atoms with Crippen molar-refractivity contribution in [1.29, 1.82) is 5.26 Å². The minimum absolute atomic E-state index is 0.0512. The smallest absolute Gasteiger partial charge is 0.158 e. The molecule has 1 fully saturated rings. The molecule has 1 aromatic rings. The molecule has 0 radical (unpaired) electrons. The van der Waals surface area contributed by atoms with Crippen molar-refractivity contribution in [3.8, 4) is 6.07 Å². The first-order valence-corrected chi connectivity index (χ1v) is 4.85. The van der Waals surface area contributed by atoms with Gasteiger partial charge in [0.15, 0.2) is 5.69 Å². The van der Waals surface area contributed by atoms with Crippen LogP contribution in [-0.4, -0.2) is 28.2 Å². The van der Waals surface area contributed by atoms with Crippen LogP contribution in [0.15, 0.2) is 12.4 Å². The van der Waals surface area contributed by atoms with E-state index >= 15 is 0 Å². The van der Waals surface area contributed by atoms with Gasteiger partial charge in [-0.2, -0.15) is 5.26 Å². The van der Waals surface area contributed by atoms with Crippen LogP contribution in [0, 0.1) is 16.7 Å². The Bertz CT molecular complexity index is 377. The molecule has 0 saturated heterocycles. The summed E-state index contributed by atoms with van der Waals surface area (Å²) in [5.41, 5.74) is 0.360. The molecular formula is C10H12N4O. The van der Waals surface area contributed by atoms with Crippen LogP contribution in [0.5, 0.6) is 0 Å². The van der Waals surface area contributed by atoms with Gasteiger partial charge in [0.1, 0.15) is 11.9 Å². The lowest BCUT2D eigenvalue weighted by Crippen LogP contribution is -2.19. The van der Waals surface area contributed by atoms with Gasteiger partial charge in [-0.1, -0.05) is 0 Å². The van der Waals surface area contributed by atoms with Crippen LogP contribution in [-0.2, 0) is 0 Å². The number of nitrogens with one attached hydrogen (secondary N) is 1. The monoisotopic (exact) mass is 204 g/mol. The lowest BCUT2D eigenvalue weighted by atomic mass is 10.1. The fraction of sp³-hybridized carbons (Fsp3) is 0.500. The van der Waals surface area contributed by atoms with E-state index in [9.17, 15) is 0 Å². The van der Waals surface area contributed by atoms with Crippen molar-refractivity contribution in [3.05, 3.63) is 18.1 Å². The minimum atomic E-state index is 0.0512.